The van der Waals surface area contributed by atoms with Gasteiger partial charge in [0.15, 0.2) is 0 Å². The van der Waals surface area contributed by atoms with Crippen LogP contribution in [0.3, 0.4) is 0 Å². The van der Waals surface area contributed by atoms with Crippen LogP contribution in [0.2, 0.25) is 0 Å². The zero-order valence-electron chi connectivity index (χ0n) is 7.86. The molecule has 1 heterocycles. The number of imidazole rings is 1. The maximum absolute atomic E-state index is 11.3. The van der Waals surface area contributed by atoms with E-state index in [2.05, 4.69) is 14.9 Å². The van der Waals surface area contributed by atoms with Crippen LogP contribution < -0.4 is 0 Å². The maximum Gasteiger partial charge on any atom is 0.497 e. The fourth-order valence-corrected chi connectivity index (χ4v) is 0.894. The normalized spacial score (nSPS) is 9.43. The van der Waals surface area contributed by atoms with Crippen LogP contribution in [0.15, 0.2) is 6.33 Å². The minimum absolute atomic E-state index is 0.0495. The highest BCUT2D eigenvalue weighted by Crippen LogP contribution is 2.13. The van der Waals surface area contributed by atoms with Gasteiger partial charge in [-0.05, 0) is 11.4 Å². The molecule has 0 spiro atoms. The zero-order chi connectivity index (χ0) is 10.4. The monoisotopic (exact) mass is 195 g/mol. The fourth-order valence-electron chi connectivity index (χ4n) is 0.894. The number of ether oxygens (including phenoxy) is 1. The number of aromatic nitrogens is 2. The highest BCUT2D eigenvalue weighted by Gasteiger charge is 2.24. The SMILES string of the molecule is CCCCOC(=O)c1[nH]cnc1[N+]#N. The summed E-state index contributed by atoms with van der Waals surface area (Å²) >= 11 is 0. The fraction of sp³-hybridized carbons (Fsp3) is 0.500. The van der Waals surface area contributed by atoms with E-state index in [0.29, 0.717) is 6.61 Å². The second-order valence-corrected chi connectivity index (χ2v) is 2.69. The number of hydrogen-bond donors (Lipinski definition) is 1. The zero-order valence-corrected chi connectivity index (χ0v) is 7.86. The first-order valence-corrected chi connectivity index (χ1v) is 4.35. The van der Waals surface area contributed by atoms with Gasteiger partial charge in [0, 0.05) is 4.98 Å². The molecule has 1 aromatic heterocycles. The Kier molecular flexibility index (Phi) is 3.61. The molecule has 0 saturated carbocycles. The molecule has 0 fully saturated rings. The van der Waals surface area contributed by atoms with Crippen LogP contribution in [0, 0.1) is 5.39 Å². The molecule has 74 valence electrons. The van der Waals surface area contributed by atoms with Crippen molar-refractivity contribution in [2.45, 2.75) is 19.8 Å². The van der Waals surface area contributed by atoms with Crippen LogP contribution in [0.25, 0.3) is 4.98 Å². The minimum atomic E-state index is -0.552. The molecule has 1 rings (SSSR count). The molecule has 0 atom stereocenters. The number of esters is 1. The van der Waals surface area contributed by atoms with E-state index in [1.54, 1.807) is 0 Å². The van der Waals surface area contributed by atoms with Crippen LogP contribution in [0.5, 0.6) is 0 Å². The first-order valence-electron chi connectivity index (χ1n) is 4.35. The summed E-state index contributed by atoms with van der Waals surface area (Å²) in [7, 11) is 0. The third kappa shape index (κ3) is 2.29. The van der Waals surface area contributed by atoms with Crippen LogP contribution in [0.4, 0.5) is 5.82 Å². The highest BCUT2D eigenvalue weighted by molar-refractivity contribution is 5.92. The summed E-state index contributed by atoms with van der Waals surface area (Å²) in [6.07, 6.45) is 3.03. The number of nitrogens with one attached hydrogen (secondary N) is 1. The number of rotatable bonds is 4. The summed E-state index contributed by atoms with van der Waals surface area (Å²) < 4.78 is 4.89. The van der Waals surface area contributed by atoms with Crippen molar-refractivity contribution in [3.05, 3.63) is 17.0 Å². The predicted octanol–water partition coefficient (Wildman–Crippen LogP) is 1.85. The van der Waals surface area contributed by atoms with E-state index >= 15 is 0 Å². The number of unbranched alkanes of at least 4 members (excludes halogenated alkanes) is 1. The Morgan fingerprint density at radius 2 is 2.57 bits per heavy atom. The van der Waals surface area contributed by atoms with Gasteiger partial charge in [0.2, 0.25) is 12.0 Å². The molecule has 6 heteroatoms. The Morgan fingerprint density at radius 3 is 3.21 bits per heavy atom. The molecule has 14 heavy (non-hydrogen) atoms. The standard InChI is InChI=1S/C8H10N4O2/c1-2-3-4-14-8(13)6-7(12-9)11-5-10-6/h5H,2-4H2,1H3/p+1. The third-order valence-electron chi connectivity index (χ3n) is 1.65. The van der Waals surface area contributed by atoms with Gasteiger partial charge in [-0.25, -0.2) is 4.79 Å². The molecule has 0 aliphatic rings. The molecule has 0 bridgehead atoms. The Labute approximate surface area is 80.9 Å². The predicted molar refractivity (Wildman–Crippen MR) is 48.5 cm³/mol. The van der Waals surface area contributed by atoms with Gasteiger partial charge in [0.05, 0.1) is 12.0 Å². The van der Waals surface area contributed by atoms with Crippen LogP contribution in [0.1, 0.15) is 30.3 Å². The smallest absolute Gasteiger partial charge is 0.461 e. The lowest BCUT2D eigenvalue weighted by atomic mass is 10.3. The molecule has 0 aromatic carbocycles. The number of hydrogen-bond acceptors (Lipinski definition) is 4. The van der Waals surface area contributed by atoms with Crippen LogP contribution >= 0.6 is 0 Å². The van der Waals surface area contributed by atoms with Crippen molar-refractivity contribution in [3.63, 3.8) is 0 Å². The average Bonchev–Trinajstić information content (AvgIpc) is 2.65. The van der Waals surface area contributed by atoms with Crippen molar-refractivity contribution in [1.29, 1.82) is 5.39 Å². The van der Waals surface area contributed by atoms with Crippen molar-refractivity contribution in [3.8, 4) is 0 Å². The van der Waals surface area contributed by atoms with Crippen molar-refractivity contribution in [1.82, 2.24) is 9.97 Å². The molecule has 0 radical (unpaired) electrons. The lowest BCUT2D eigenvalue weighted by Gasteiger charge is -1.99. The van der Waals surface area contributed by atoms with Crippen molar-refractivity contribution in [2.24, 2.45) is 0 Å². The van der Waals surface area contributed by atoms with E-state index in [9.17, 15) is 4.79 Å². The lowest BCUT2D eigenvalue weighted by Crippen LogP contribution is -2.06. The number of aromatic amines is 1. The van der Waals surface area contributed by atoms with Gasteiger partial charge in [0.25, 0.3) is 0 Å². The topological polar surface area (TPSA) is 83.1 Å². The highest BCUT2D eigenvalue weighted by atomic mass is 16.5. The Bertz CT molecular complexity index is 352. The third-order valence-corrected chi connectivity index (χ3v) is 1.65. The van der Waals surface area contributed by atoms with Crippen molar-refractivity contribution in [2.75, 3.05) is 6.61 Å². The minimum Gasteiger partial charge on any atom is -0.461 e. The van der Waals surface area contributed by atoms with E-state index < -0.39 is 5.97 Å². The van der Waals surface area contributed by atoms with Crippen molar-refractivity contribution >= 4 is 11.8 Å². The lowest BCUT2D eigenvalue weighted by molar-refractivity contribution is 0.0495. The molecule has 0 unspecified atom stereocenters. The van der Waals surface area contributed by atoms with E-state index in [-0.39, 0.29) is 11.5 Å². The summed E-state index contributed by atoms with van der Waals surface area (Å²) in [6, 6.07) is 0. The summed E-state index contributed by atoms with van der Waals surface area (Å²) in [6.45, 7) is 2.36. The molecule has 0 aliphatic carbocycles. The second kappa shape index (κ2) is 4.97. The average molecular weight is 195 g/mol. The summed E-state index contributed by atoms with van der Waals surface area (Å²) in [5, 5.41) is 8.46. The molecule has 0 amide bonds. The molecule has 0 aliphatic heterocycles. The molecular formula is C8H11N4O2+. The number of diazo groups is 1. The molecule has 0 saturated heterocycles. The van der Waals surface area contributed by atoms with Gasteiger partial charge >= 0.3 is 11.8 Å². The number of nitrogens with zero attached hydrogens (tertiary/aromatic N) is 3. The van der Waals surface area contributed by atoms with Crippen molar-refractivity contribution < 1.29 is 9.53 Å². The Hall–Kier alpha value is -1.90. The molecular weight excluding hydrogens is 184 g/mol. The number of carbonyl (C=O) groups is 1. The van der Waals surface area contributed by atoms with Gasteiger partial charge in [-0.15, -0.1) is 0 Å². The molecule has 1 aromatic rings. The van der Waals surface area contributed by atoms with Gasteiger partial charge in [-0.1, -0.05) is 13.3 Å². The Morgan fingerprint density at radius 1 is 1.79 bits per heavy atom. The molecule has 6 nitrogen and oxygen atoms in total. The number of carbonyl (C=O) groups excluding carboxylic acids is 1. The first-order chi connectivity index (χ1) is 6.79. The van der Waals surface area contributed by atoms with E-state index in [0.717, 1.165) is 12.8 Å². The van der Waals surface area contributed by atoms with Gasteiger partial charge in [0.1, 0.15) is 0 Å². The maximum atomic E-state index is 11.3. The summed E-state index contributed by atoms with van der Waals surface area (Å²) in [5.74, 6) is -0.602. The summed E-state index contributed by atoms with van der Waals surface area (Å²) in [4.78, 5) is 20.3. The van der Waals surface area contributed by atoms with Gasteiger partial charge in [-0.2, -0.15) is 0 Å². The van der Waals surface area contributed by atoms with Crippen LogP contribution in [-0.4, -0.2) is 22.5 Å². The van der Waals surface area contributed by atoms with E-state index in [1.165, 1.54) is 6.33 Å². The molecule has 1 N–H and O–H groups in total. The number of H-pyrrole nitrogens is 1. The largest absolute Gasteiger partial charge is 0.497 e. The Balaban J connectivity index is 2.57. The van der Waals surface area contributed by atoms with Gasteiger partial charge in [-0.3, -0.25) is 0 Å². The van der Waals surface area contributed by atoms with E-state index in [4.69, 9.17) is 10.1 Å². The van der Waals surface area contributed by atoms with Crippen LogP contribution in [-0.2, 0) is 4.74 Å². The summed E-state index contributed by atoms with van der Waals surface area (Å²) in [5.41, 5.74) is 0.0728. The van der Waals surface area contributed by atoms with Gasteiger partial charge < -0.3 is 9.72 Å². The van der Waals surface area contributed by atoms with E-state index in [1.807, 2.05) is 6.92 Å². The quantitative estimate of drug-likeness (QED) is 0.451. The second-order valence-electron chi connectivity index (χ2n) is 2.69. The first kappa shape index (κ1) is 10.2.